The zero-order chi connectivity index (χ0) is 14.9. The lowest BCUT2D eigenvalue weighted by atomic mass is 9.73. The first-order valence-corrected chi connectivity index (χ1v) is 8.59. The van der Waals surface area contributed by atoms with Crippen molar-refractivity contribution in [2.45, 2.75) is 50.4 Å². The Kier molecular flexibility index (Phi) is 3.78. The molecule has 0 aliphatic heterocycles. The molecule has 4 nitrogen and oxygen atoms in total. The minimum Gasteiger partial charge on any atom is -0.369 e. The summed E-state index contributed by atoms with van der Waals surface area (Å²) in [7, 11) is 0. The largest absolute Gasteiger partial charge is 0.369 e. The van der Waals surface area contributed by atoms with E-state index in [0.29, 0.717) is 19.4 Å². The first-order valence-electron chi connectivity index (χ1n) is 7.71. The summed E-state index contributed by atoms with van der Waals surface area (Å²) < 4.78 is 0. The average Bonchev–Trinajstić information content (AvgIpc) is 3.13. The lowest BCUT2D eigenvalue weighted by Crippen LogP contribution is -2.47. The molecule has 2 amide bonds. The van der Waals surface area contributed by atoms with Crippen molar-refractivity contribution in [2.75, 3.05) is 6.54 Å². The van der Waals surface area contributed by atoms with Gasteiger partial charge in [-0.05, 0) is 37.1 Å². The molecule has 0 saturated heterocycles. The SMILES string of the molecule is NC(=O)C1(C(=O)NCC2(c3cccs3)CCCCC2)CC1. The fourth-order valence-electron chi connectivity index (χ4n) is 3.45. The van der Waals surface area contributed by atoms with Crippen LogP contribution in [0.3, 0.4) is 0 Å². The fourth-order valence-corrected chi connectivity index (χ4v) is 4.44. The summed E-state index contributed by atoms with van der Waals surface area (Å²) in [5.74, 6) is -0.648. The van der Waals surface area contributed by atoms with Crippen LogP contribution >= 0.6 is 11.3 Å². The van der Waals surface area contributed by atoms with Crippen LogP contribution in [0.25, 0.3) is 0 Å². The van der Waals surface area contributed by atoms with Gasteiger partial charge in [-0.15, -0.1) is 11.3 Å². The van der Waals surface area contributed by atoms with Crippen molar-refractivity contribution in [3.05, 3.63) is 22.4 Å². The van der Waals surface area contributed by atoms with E-state index >= 15 is 0 Å². The van der Waals surface area contributed by atoms with E-state index in [4.69, 9.17) is 5.73 Å². The number of rotatable bonds is 5. The summed E-state index contributed by atoms with van der Waals surface area (Å²) in [5.41, 5.74) is 4.51. The molecule has 0 atom stereocenters. The van der Waals surface area contributed by atoms with Crippen LogP contribution < -0.4 is 11.1 Å². The van der Waals surface area contributed by atoms with E-state index in [1.54, 1.807) is 11.3 Å². The summed E-state index contributed by atoms with van der Waals surface area (Å²) in [4.78, 5) is 25.1. The van der Waals surface area contributed by atoms with Gasteiger partial charge in [0.1, 0.15) is 5.41 Å². The monoisotopic (exact) mass is 306 g/mol. The number of nitrogens with two attached hydrogens (primary N) is 1. The molecule has 0 aromatic carbocycles. The number of primary amides is 1. The van der Waals surface area contributed by atoms with E-state index in [9.17, 15) is 9.59 Å². The highest BCUT2D eigenvalue weighted by atomic mass is 32.1. The quantitative estimate of drug-likeness (QED) is 0.820. The lowest BCUT2D eigenvalue weighted by molar-refractivity contribution is -0.135. The van der Waals surface area contributed by atoms with Gasteiger partial charge in [-0.25, -0.2) is 0 Å². The third kappa shape index (κ3) is 2.59. The molecule has 3 rings (SSSR count). The summed E-state index contributed by atoms with van der Waals surface area (Å²) in [5, 5.41) is 5.13. The van der Waals surface area contributed by atoms with Gasteiger partial charge in [-0.3, -0.25) is 9.59 Å². The van der Waals surface area contributed by atoms with E-state index in [1.165, 1.54) is 24.1 Å². The van der Waals surface area contributed by atoms with Crippen molar-refractivity contribution in [1.82, 2.24) is 5.32 Å². The Balaban J connectivity index is 1.71. The highest BCUT2D eigenvalue weighted by Gasteiger charge is 2.55. The third-order valence-electron chi connectivity index (χ3n) is 5.10. The Hall–Kier alpha value is -1.36. The number of hydrogen-bond acceptors (Lipinski definition) is 3. The van der Waals surface area contributed by atoms with Crippen LogP contribution in [0.1, 0.15) is 49.8 Å². The van der Waals surface area contributed by atoms with Gasteiger partial charge in [0.2, 0.25) is 11.8 Å². The standard InChI is InChI=1S/C16H22N2O2S/c17-13(19)16(8-9-16)14(20)18-11-15(6-2-1-3-7-15)12-5-4-10-21-12/h4-5,10H,1-3,6-9,11H2,(H2,17,19)(H,18,20). The van der Waals surface area contributed by atoms with Gasteiger partial charge < -0.3 is 11.1 Å². The Morgan fingerprint density at radius 2 is 1.90 bits per heavy atom. The van der Waals surface area contributed by atoms with E-state index in [1.807, 2.05) is 0 Å². The molecule has 0 spiro atoms. The van der Waals surface area contributed by atoms with Crippen LogP contribution in [0.4, 0.5) is 0 Å². The molecule has 1 heterocycles. The van der Waals surface area contributed by atoms with Crippen LogP contribution in [-0.4, -0.2) is 18.4 Å². The highest BCUT2D eigenvalue weighted by Crippen LogP contribution is 2.46. The van der Waals surface area contributed by atoms with Crippen LogP contribution in [0, 0.1) is 5.41 Å². The Morgan fingerprint density at radius 1 is 1.19 bits per heavy atom. The average molecular weight is 306 g/mol. The zero-order valence-corrected chi connectivity index (χ0v) is 13.0. The number of thiophene rings is 1. The molecule has 2 saturated carbocycles. The zero-order valence-electron chi connectivity index (χ0n) is 12.2. The lowest BCUT2D eigenvalue weighted by Gasteiger charge is -2.37. The van der Waals surface area contributed by atoms with E-state index in [-0.39, 0.29) is 11.3 Å². The topological polar surface area (TPSA) is 72.2 Å². The van der Waals surface area contributed by atoms with Crippen molar-refractivity contribution in [3.8, 4) is 0 Å². The number of amides is 2. The van der Waals surface area contributed by atoms with Crippen molar-refractivity contribution in [3.63, 3.8) is 0 Å². The number of nitrogens with one attached hydrogen (secondary N) is 1. The molecule has 1 aromatic heterocycles. The van der Waals surface area contributed by atoms with Crippen LogP contribution in [0.15, 0.2) is 17.5 Å². The van der Waals surface area contributed by atoms with Crippen molar-refractivity contribution >= 4 is 23.2 Å². The molecule has 114 valence electrons. The second kappa shape index (κ2) is 5.44. The van der Waals surface area contributed by atoms with Crippen molar-refractivity contribution < 1.29 is 9.59 Å². The minimum absolute atomic E-state index is 0.0514. The highest BCUT2D eigenvalue weighted by molar-refractivity contribution is 7.10. The van der Waals surface area contributed by atoms with Crippen LogP contribution in [0.2, 0.25) is 0 Å². The Labute approximate surface area is 129 Å². The Bertz CT molecular complexity index is 528. The second-order valence-corrected chi connectivity index (χ2v) is 7.40. The van der Waals surface area contributed by atoms with E-state index in [2.05, 4.69) is 22.8 Å². The van der Waals surface area contributed by atoms with Gasteiger partial charge in [0.05, 0.1) is 0 Å². The van der Waals surface area contributed by atoms with Gasteiger partial charge >= 0.3 is 0 Å². The first kappa shape index (κ1) is 14.6. The van der Waals surface area contributed by atoms with Crippen LogP contribution in [0.5, 0.6) is 0 Å². The maximum Gasteiger partial charge on any atom is 0.235 e. The summed E-state index contributed by atoms with van der Waals surface area (Å²) >= 11 is 1.77. The molecular formula is C16H22N2O2S. The summed E-state index contributed by atoms with van der Waals surface area (Å²) in [6.45, 7) is 0.626. The molecule has 0 radical (unpaired) electrons. The molecule has 5 heteroatoms. The maximum absolute atomic E-state index is 12.3. The molecule has 21 heavy (non-hydrogen) atoms. The van der Waals surface area contributed by atoms with Gasteiger partial charge in [0.15, 0.2) is 0 Å². The Morgan fingerprint density at radius 3 is 2.43 bits per heavy atom. The predicted molar refractivity (Wildman–Crippen MR) is 83.0 cm³/mol. The molecule has 3 N–H and O–H groups in total. The van der Waals surface area contributed by atoms with Gasteiger partial charge in [-0.2, -0.15) is 0 Å². The molecule has 0 unspecified atom stereocenters. The normalized spacial score (nSPS) is 22.5. The van der Waals surface area contributed by atoms with Crippen molar-refractivity contribution in [2.24, 2.45) is 11.1 Å². The molecular weight excluding hydrogens is 284 g/mol. The maximum atomic E-state index is 12.3. The molecule has 2 aliphatic carbocycles. The molecule has 2 fully saturated rings. The number of hydrogen-bond donors (Lipinski definition) is 2. The third-order valence-corrected chi connectivity index (χ3v) is 6.21. The molecule has 2 aliphatic rings. The van der Waals surface area contributed by atoms with Crippen molar-refractivity contribution in [1.29, 1.82) is 0 Å². The summed E-state index contributed by atoms with van der Waals surface area (Å²) in [6, 6.07) is 4.24. The van der Waals surface area contributed by atoms with Crippen LogP contribution in [-0.2, 0) is 15.0 Å². The number of carbonyl (C=O) groups is 2. The van der Waals surface area contributed by atoms with Gasteiger partial charge in [-0.1, -0.05) is 25.3 Å². The van der Waals surface area contributed by atoms with Gasteiger partial charge in [0, 0.05) is 16.8 Å². The smallest absolute Gasteiger partial charge is 0.235 e. The fraction of sp³-hybridized carbons (Fsp3) is 0.625. The van der Waals surface area contributed by atoms with Gasteiger partial charge in [0.25, 0.3) is 0 Å². The van der Waals surface area contributed by atoms with E-state index < -0.39 is 11.3 Å². The molecule has 0 bridgehead atoms. The van der Waals surface area contributed by atoms with E-state index in [0.717, 1.165) is 12.8 Å². The molecule has 1 aromatic rings. The second-order valence-electron chi connectivity index (χ2n) is 6.45. The summed E-state index contributed by atoms with van der Waals surface area (Å²) in [6.07, 6.45) is 7.09. The minimum atomic E-state index is -0.911. The number of carbonyl (C=O) groups excluding carboxylic acids is 2. The first-order chi connectivity index (χ1) is 10.1. The predicted octanol–water partition coefficient (Wildman–Crippen LogP) is 2.33.